The van der Waals surface area contributed by atoms with Crippen molar-refractivity contribution in [1.29, 1.82) is 0 Å². The summed E-state index contributed by atoms with van der Waals surface area (Å²) in [6.45, 7) is 0.643. The molecule has 20 heavy (non-hydrogen) atoms. The van der Waals surface area contributed by atoms with Gasteiger partial charge < -0.3 is 9.88 Å². The second-order valence-electron chi connectivity index (χ2n) is 4.58. The SMILES string of the molecule is Cn1c(CNc2ccc(Cl)cc2)nc2cc(Cl)ccc21. The summed E-state index contributed by atoms with van der Waals surface area (Å²) in [6.07, 6.45) is 0. The molecule has 0 amide bonds. The minimum Gasteiger partial charge on any atom is -0.378 e. The molecule has 3 aromatic rings. The van der Waals surface area contributed by atoms with Gasteiger partial charge in [0.05, 0.1) is 17.6 Å². The summed E-state index contributed by atoms with van der Waals surface area (Å²) in [5.41, 5.74) is 3.00. The average Bonchev–Trinajstić information content (AvgIpc) is 2.74. The van der Waals surface area contributed by atoms with Gasteiger partial charge in [-0.1, -0.05) is 23.2 Å². The zero-order valence-electron chi connectivity index (χ0n) is 10.9. The fourth-order valence-corrected chi connectivity index (χ4v) is 2.42. The van der Waals surface area contributed by atoms with E-state index in [9.17, 15) is 0 Å². The summed E-state index contributed by atoms with van der Waals surface area (Å²) >= 11 is 11.9. The highest BCUT2D eigenvalue weighted by molar-refractivity contribution is 6.31. The lowest BCUT2D eigenvalue weighted by atomic mass is 10.3. The van der Waals surface area contributed by atoms with Gasteiger partial charge in [-0.2, -0.15) is 0 Å². The first-order valence-electron chi connectivity index (χ1n) is 6.24. The lowest BCUT2D eigenvalue weighted by molar-refractivity contribution is 0.834. The molecule has 3 rings (SSSR count). The number of benzene rings is 2. The van der Waals surface area contributed by atoms with Crippen molar-refractivity contribution in [2.24, 2.45) is 7.05 Å². The smallest absolute Gasteiger partial charge is 0.128 e. The first-order valence-corrected chi connectivity index (χ1v) is 6.99. The molecule has 1 N–H and O–H groups in total. The number of halogens is 2. The van der Waals surface area contributed by atoms with E-state index in [2.05, 4.69) is 14.9 Å². The molecule has 0 aliphatic carbocycles. The van der Waals surface area contributed by atoms with Gasteiger partial charge in [0.1, 0.15) is 5.82 Å². The van der Waals surface area contributed by atoms with Crippen LogP contribution in [-0.2, 0) is 13.6 Å². The molecule has 5 heteroatoms. The van der Waals surface area contributed by atoms with Gasteiger partial charge in [0, 0.05) is 22.8 Å². The third-order valence-corrected chi connectivity index (χ3v) is 3.72. The minimum absolute atomic E-state index is 0.643. The third-order valence-electron chi connectivity index (χ3n) is 3.23. The highest BCUT2D eigenvalue weighted by Gasteiger charge is 2.07. The van der Waals surface area contributed by atoms with Crippen molar-refractivity contribution in [3.05, 3.63) is 58.3 Å². The fourth-order valence-electron chi connectivity index (χ4n) is 2.13. The summed E-state index contributed by atoms with van der Waals surface area (Å²) in [7, 11) is 2.00. The zero-order chi connectivity index (χ0) is 14.1. The van der Waals surface area contributed by atoms with Gasteiger partial charge >= 0.3 is 0 Å². The Morgan fingerprint density at radius 2 is 1.75 bits per heavy atom. The third kappa shape index (κ3) is 2.60. The Kier molecular flexibility index (Phi) is 3.55. The molecular formula is C15H13Cl2N3. The largest absolute Gasteiger partial charge is 0.378 e. The van der Waals surface area contributed by atoms with E-state index in [0.717, 1.165) is 27.6 Å². The van der Waals surface area contributed by atoms with Crippen LogP contribution in [0.25, 0.3) is 11.0 Å². The van der Waals surface area contributed by atoms with Gasteiger partial charge in [0.2, 0.25) is 0 Å². The Morgan fingerprint density at radius 3 is 2.50 bits per heavy atom. The summed E-state index contributed by atoms with van der Waals surface area (Å²) in [5.74, 6) is 0.956. The molecule has 0 saturated heterocycles. The van der Waals surface area contributed by atoms with Gasteiger partial charge in [0.25, 0.3) is 0 Å². The van der Waals surface area contributed by atoms with E-state index in [1.165, 1.54) is 0 Å². The van der Waals surface area contributed by atoms with Crippen LogP contribution >= 0.6 is 23.2 Å². The predicted octanol–water partition coefficient (Wildman–Crippen LogP) is 4.49. The minimum atomic E-state index is 0.643. The van der Waals surface area contributed by atoms with Crippen molar-refractivity contribution in [3.8, 4) is 0 Å². The second-order valence-corrected chi connectivity index (χ2v) is 5.45. The average molecular weight is 306 g/mol. The summed E-state index contributed by atoms with van der Waals surface area (Å²) in [4.78, 5) is 4.60. The van der Waals surface area contributed by atoms with Crippen LogP contribution in [0.15, 0.2) is 42.5 Å². The number of fused-ring (bicyclic) bond motifs is 1. The summed E-state index contributed by atoms with van der Waals surface area (Å²) < 4.78 is 2.06. The Labute approximate surface area is 127 Å². The van der Waals surface area contributed by atoms with Gasteiger partial charge in [0.15, 0.2) is 0 Å². The molecule has 1 heterocycles. The van der Waals surface area contributed by atoms with E-state index < -0.39 is 0 Å². The molecule has 102 valence electrons. The van der Waals surface area contributed by atoms with Crippen LogP contribution in [0.2, 0.25) is 10.0 Å². The fraction of sp³-hybridized carbons (Fsp3) is 0.133. The quantitative estimate of drug-likeness (QED) is 0.772. The number of aryl methyl sites for hydroxylation is 1. The van der Waals surface area contributed by atoms with Crippen LogP contribution in [0, 0.1) is 0 Å². The van der Waals surface area contributed by atoms with E-state index in [0.29, 0.717) is 11.6 Å². The van der Waals surface area contributed by atoms with Gasteiger partial charge in [-0.05, 0) is 42.5 Å². The molecule has 0 fully saturated rings. The van der Waals surface area contributed by atoms with Crippen molar-refractivity contribution >= 4 is 39.9 Å². The number of anilines is 1. The van der Waals surface area contributed by atoms with E-state index >= 15 is 0 Å². The number of aromatic nitrogens is 2. The molecule has 0 radical (unpaired) electrons. The van der Waals surface area contributed by atoms with Crippen LogP contribution in [0.4, 0.5) is 5.69 Å². The molecule has 3 nitrogen and oxygen atoms in total. The number of nitrogens with zero attached hydrogens (tertiary/aromatic N) is 2. The molecule has 0 saturated carbocycles. The molecule has 0 aliphatic rings. The van der Waals surface area contributed by atoms with Gasteiger partial charge in [-0.3, -0.25) is 0 Å². The second kappa shape index (κ2) is 5.35. The van der Waals surface area contributed by atoms with Crippen molar-refractivity contribution in [2.45, 2.75) is 6.54 Å². The zero-order valence-corrected chi connectivity index (χ0v) is 12.4. The number of imidazole rings is 1. The van der Waals surface area contributed by atoms with Crippen molar-refractivity contribution in [1.82, 2.24) is 9.55 Å². The van der Waals surface area contributed by atoms with E-state index in [1.807, 2.05) is 49.5 Å². The van der Waals surface area contributed by atoms with E-state index in [4.69, 9.17) is 23.2 Å². The number of hydrogen-bond acceptors (Lipinski definition) is 2. The highest BCUT2D eigenvalue weighted by atomic mass is 35.5. The van der Waals surface area contributed by atoms with Crippen LogP contribution in [0.5, 0.6) is 0 Å². The first-order chi connectivity index (χ1) is 9.63. The maximum Gasteiger partial charge on any atom is 0.128 e. The number of nitrogens with one attached hydrogen (secondary N) is 1. The van der Waals surface area contributed by atoms with Crippen LogP contribution in [-0.4, -0.2) is 9.55 Å². The molecular weight excluding hydrogens is 293 g/mol. The highest BCUT2D eigenvalue weighted by Crippen LogP contribution is 2.20. The van der Waals surface area contributed by atoms with Crippen LogP contribution in [0.3, 0.4) is 0 Å². The van der Waals surface area contributed by atoms with Crippen molar-refractivity contribution in [3.63, 3.8) is 0 Å². The van der Waals surface area contributed by atoms with Crippen molar-refractivity contribution < 1.29 is 0 Å². The lowest BCUT2D eigenvalue weighted by Gasteiger charge is -2.06. The molecule has 2 aromatic carbocycles. The lowest BCUT2D eigenvalue weighted by Crippen LogP contribution is -2.05. The molecule has 0 unspecified atom stereocenters. The Hall–Kier alpha value is -1.71. The monoisotopic (exact) mass is 305 g/mol. The Bertz CT molecular complexity index is 748. The van der Waals surface area contributed by atoms with E-state index in [1.54, 1.807) is 0 Å². The normalized spacial score (nSPS) is 10.9. The van der Waals surface area contributed by atoms with Gasteiger partial charge in [-0.15, -0.1) is 0 Å². The van der Waals surface area contributed by atoms with Gasteiger partial charge in [-0.25, -0.2) is 4.98 Å². The number of hydrogen-bond donors (Lipinski definition) is 1. The first kappa shape index (κ1) is 13.3. The molecule has 0 spiro atoms. The summed E-state index contributed by atoms with van der Waals surface area (Å²) in [5, 5.41) is 4.76. The molecule has 1 aromatic heterocycles. The van der Waals surface area contributed by atoms with E-state index in [-0.39, 0.29) is 0 Å². The maximum absolute atomic E-state index is 5.99. The topological polar surface area (TPSA) is 29.9 Å². The predicted molar refractivity (Wildman–Crippen MR) is 84.5 cm³/mol. The standard InChI is InChI=1S/C15H13Cl2N3/c1-20-14-7-4-11(17)8-13(14)19-15(20)9-18-12-5-2-10(16)3-6-12/h2-8,18H,9H2,1H3. The number of rotatable bonds is 3. The van der Waals surface area contributed by atoms with Crippen LogP contribution in [0.1, 0.15) is 5.82 Å². The molecule has 0 atom stereocenters. The molecule has 0 bridgehead atoms. The van der Waals surface area contributed by atoms with Crippen molar-refractivity contribution in [2.75, 3.05) is 5.32 Å². The maximum atomic E-state index is 5.99. The Balaban J connectivity index is 1.84. The Morgan fingerprint density at radius 1 is 1.05 bits per heavy atom. The summed E-state index contributed by atoms with van der Waals surface area (Å²) in [6, 6.07) is 13.3. The van der Waals surface area contributed by atoms with Crippen LogP contribution < -0.4 is 5.32 Å². The molecule has 0 aliphatic heterocycles.